The highest BCUT2D eigenvalue weighted by atomic mass is 16.5. The monoisotopic (exact) mass is 228 g/mol. The Morgan fingerprint density at radius 1 is 1.62 bits per heavy atom. The minimum Gasteiger partial charge on any atom is -0.396 e. The van der Waals surface area contributed by atoms with Crippen LogP contribution in [0.5, 0.6) is 0 Å². The molecule has 0 aromatic rings. The van der Waals surface area contributed by atoms with E-state index in [1.54, 1.807) is 7.11 Å². The molecule has 0 aromatic heterocycles. The SMILES string of the molecule is COC1CNC(C(=O)NCC2(CO)CC2)C1. The summed E-state index contributed by atoms with van der Waals surface area (Å²) in [4.78, 5) is 11.8. The van der Waals surface area contributed by atoms with Gasteiger partial charge in [-0.1, -0.05) is 0 Å². The van der Waals surface area contributed by atoms with Crippen LogP contribution < -0.4 is 10.6 Å². The maximum Gasteiger partial charge on any atom is 0.237 e. The van der Waals surface area contributed by atoms with E-state index in [9.17, 15) is 4.79 Å². The molecule has 1 aliphatic carbocycles. The standard InChI is InChI=1S/C11H20N2O3/c1-16-8-4-9(12-5-8)10(15)13-6-11(7-14)2-3-11/h8-9,12,14H,2-7H2,1H3,(H,13,15). The van der Waals surface area contributed by atoms with Crippen molar-refractivity contribution in [1.29, 1.82) is 0 Å². The first kappa shape index (κ1) is 11.8. The molecular weight excluding hydrogens is 208 g/mol. The number of nitrogens with one attached hydrogen (secondary N) is 2. The molecule has 0 bridgehead atoms. The summed E-state index contributed by atoms with van der Waals surface area (Å²) in [6.45, 7) is 1.50. The first-order valence-corrected chi connectivity index (χ1v) is 5.84. The number of hydrogen-bond acceptors (Lipinski definition) is 4. The second kappa shape index (κ2) is 4.69. The van der Waals surface area contributed by atoms with Gasteiger partial charge in [0.15, 0.2) is 0 Å². The highest BCUT2D eigenvalue weighted by Crippen LogP contribution is 2.44. The fourth-order valence-electron chi connectivity index (χ4n) is 2.05. The van der Waals surface area contributed by atoms with Gasteiger partial charge in [-0.25, -0.2) is 0 Å². The van der Waals surface area contributed by atoms with Crippen molar-refractivity contribution >= 4 is 5.91 Å². The summed E-state index contributed by atoms with van der Waals surface area (Å²) in [5.41, 5.74) is -0.0189. The van der Waals surface area contributed by atoms with Gasteiger partial charge in [-0.3, -0.25) is 4.79 Å². The highest BCUT2D eigenvalue weighted by molar-refractivity contribution is 5.82. The van der Waals surface area contributed by atoms with E-state index in [0.29, 0.717) is 6.54 Å². The van der Waals surface area contributed by atoms with Gasteiger partial charge in [0.05, 0.1) is 18.8 Å². The molecule has 2 rings (SSSR count). The van der Waals surface area contributed by atoms with Gasteiger partial charge in [0, 0.05) is 25.6 Å². The van der Waals surface area contributed by atoms with E-state index in [2.05, 4.69) is 10.6 Å². The lowest BCUT2D eigenvalue weighted by Gasteiger charge is -2.15. The van der Waals surface area contributed by atoms with Crippen LogP contribution >= 0.6 is 0 Å². The van der Waals surface area contributed by atoms with Gasteiger partial charge in [-0.2, -0.15) is 0 Å². The summed E-state index contributed by atoms with van der Waals surface area (Å²) >= 11 is 0. The third-order valence-electron chi connectivity index (χ3n) is 3.67. The van der Waals surface area contributed by atoms with Gasteiger partial charge >= 0.3 is 0 Å². The van der Waals surface area contributed by atoms with Crippen LogP contribution in [0.4, 0.5) is 0 Å². The smallest absolute Gasteiger partial charge is 0.237 e. The number of aliphatic hydroxyl groups is 1. The minimum atomic E-state index is -0.139. The molecule has 0 spiro atoms. The van der Waals surface area contributed by atoms with Gasteiger partial charge in [-0.15, -0.1) is 0 Å². The Morgan fingerprint density at radius 2 is 2.38 bits per heavy atom. The van der Waals surface area contributed by atoms with E-state index < -0.39 is 0 Å². The molecule has 2 atom stereocenters. The molecule has 1 saturated heterocycles. The van der Waals surface area contributed by atoms with Gasteiger partial charge in [0.2, 0.25) is 5.91 Å². The van der Waals surface area contributed by atoms with Crippen molar-refractivity contribution in [3.8, 4) is 0 Å². The average Bonchev–Trinajstić information content (AvgIpc) is 2.94. The summed E-state index contributed by atoms with van der Waals surface area (Å²) in [6.07, 6.45) is 2.91. The van der Waals surface area contributed by atoms with Crippen LogP contribution in [0.15, 0.2) is 0 Å². The van der Waals surface area contributed by atoms with Crippen molar-refractivity contribution in [3.05, 3.63) is 0 Å². The Morgan fingerprint density at radius 3 is 2.88 bits per heavy atom. The summed E-state index contributed by atoms with van der Waals surface area (Å²) in [6, 6.07) is -0.139. The normalized spacial score (nSPS) is 31.4. The van der Waals surface area contributed by atoms with Crippen LogP contribution in [0.3, 0.4) is 0 Å². The fraction of sp³-hybridized carbons (Fsp3) is 0.909. The zero-order valence-corrected chi connectivity index (χ0v) is 9.66. The lowest BCUT2D eigenvalue weighted by Crippen LogP contribution is -2.43. The van der Waals surface area contributed by atoms with E-state index >= 15 is 0 Å². The summed E-state index contributed by atoms with van der Waals surface area (Å²) in [7, 11) is 1.66. The third kappa shape index (κ3) is 2.53. The third-order valence-corrected chi connectivity index (χ3v) is 3.67. The van der Waals surface area contributed by atoms with Crippen LogP contribution in [0.1, 0.15) is 19.3 Å². The second-order valence-electron chi connectivity index (χ2n) is 4.93. The van der Waals surface area contributed by atoms with Gasteiger partial charge < -0.3 is 20.5 Å². The predicted molar refractivity (Wildman–Crippen MR) is 59.0 cm³/mol. The van der Waals surface area contributed by atoms with Crippen LogP contribution in [0, 0.1) is 5.41 Å². The number of amides is 1. The fourth-order valence-corrected chi connectivity index (χ4v) is 2.05. The molecule has 3 N–H and O–H groups in total. The van der Waals surface area contributed by atoms with Crippen molar-refractivity contribution in [1.82, 2.24) is 10.6 Å². The molecule has 5 nitrogen and oxygen atoms in total. The van der Waals surface area contributed by atoms with Gasteiger partial charge in [0.1, 0.15) is 0 Å². The number of rotatable bonds is 5. The predicted octanol–water partition coefficient (Wildman–Crippen LogP) is -0.748. The van der Waals surface area contributed by atoms with E-state index in [-0.39, 0.29) is 30.1 Å². The Kier molecular flexibility index (Phi) is 3.47. The molecule has 0 aromatic carbocycles. The summed E-state index contributed by atoms with van der Waals surface area (Å²) < 4.78 is 5.19. The van der Waals surface area contributed by atoms with Crippen LogP contribution in [0.2, 0.25) is 0 Å². The molecule has 0 radical (unpaired) electrons. The van der Waals surface area contributed by atoms with E-state index in [1.807, 2.05) is 0 Å². The number of carbonyl (C=O) groups excluding carboxylic acids is 1. The molecular formula is C11H20N2O3. The molecule has 16 heavy (non-hydrogen) atoms. The lowest BCUT2D eigenvalue weighted by atomic mass is 10.1. The maximum atomic E-state index is 11.8. The summed E-state index contributed by atoms with van der Waals surface area (Å²) in [5, 5.41) is 15.2. The topological polar surface area (TPSA) is 70.6 Å². The molecule has 5 heteroatoms. The van der Waals surface area contributed by atoms with E-state index in [4.69, 9.17) is 9.84 Å². The average molecular weight is 228 g/mol. The first-order chi connectivity index (χ1) is 7.69. The Bertz CT molecular complexity index is 266. The Hall–Kier alpha value is -0.650. The minimum absolute atomic E-state index is 0.0189. The van der Waals surface area contributed by atoms with Gasteiger partial charge in [0.25, 0.3) is 0 Å². The van der Waals surface area contributed by atoms with Gasteiger partial charge in [-0.05, 0) is 19.3 Å². The maximum absolute atomic E-state index is 11.8. The lowest BCUT2D eigenvalue weighted by molar-refractivity contribution is -0.123. The zero-order chi connectivity index (χ0) is 11.6. The first-order valence-electron chi connectivity index (χ1n) is 5.84. The number of hydrogen-bond donors (Lipinski definition) is 3. The van der Waals surface area contributed by atoms with Crippen LogP contribution in [-0.4, -0.2) is 50.0 Å². The molecule has 92 valence electrons. The van der Waals surface area contributed by atoms with Crippen LogP contribution in [0.25, 0.3) is 0 Å². The van der Waals surface area contributed by atoms with Crippen molar-refractivity contribution in [2.75, 3.05) is 26.8 Å². The quantitative estimate of drug-likeness (QED) is 0.579. The van der Waals surface area contributed by atoms with Crippen molar-refractivity contribution in [3.63, 3.8) is 0 Å². The van der Waals surface area contributed by atoms with E-state index in [1.165, 1.54) is 0 Å². The number of methoxy groups -OCH3 is 1. The Labute approximate surface area is 95.5 Å². The van der Waals surface area contributed by atoms with Crippen molar-refractivity contribution in [2.24, 2.45) is 5.41 Å². The molecule has 1 aliphatic heterocycles. The molecule has 2 unspecified atom stereocenters. The number of ether oxygens (including phenoxy) is 1. The van der Waals surface area contributed by atoms with Crippen molar-refractivity contribution in [2.45, 2.75) is 31.4 Å². The largest absolute Gasteiger partial charge is 0.396 e. The molecule has 1 heterocycles. The van der Waals surface area contributed by atoms with Crippen molar-refractivity contribution < 1.29 is 14.6 Å². The molecule has 2 fully saturated rings. The number of carbonyl (C=O) groups is 1. The number of aliphatic hydroxyl groups excluding tert-OH is 1. The van der Waals surface area contributed by atoms with E-state index in [0.717, 1.165) is 25.8 Å². The zero-order valence-electron chi connectivity index (χ0n) is 9.66. The van der Waals surface area contributed by atoms with Crippen LogP contribution in [-0.2, 0) is 9.53 Å². The molecule has 1 amide bonds. The molecule has 1 saturated carbocycles. The summed E-state index contributed by atoms with van der Waals surface area (Å²) in [5.74, 6) is 0.0271. The molecule has 2 aliphatic rings. The second-order valence-corrected chi connectivity index (χ2v) is 4.93. The Balaban J connectivity index is 1.72. The highest BCUT2D eigenvalue weighted by Gasteiger charge is 2.42.